The van der Waals surface area contributed by atoms with Crippen LogP contribution in [-0.4, -0.2) is 25.6 Å². The van der Waals surface area contributed by atoms with E-state index in [-0.39, 0.29) is 11.9 Å². The van der Waals surface area contributed by atoms with Crippen LogP contribution in [0.25, 0.3) is 0 Å². The minimum Gasteiger partial charge on any atom is -0.494 e. The molecule has 0 aliphatic rings. The summed E-state index contributed by atoms with van der Waals surface area (Å²) in [5, 5.41) is 2.79. The van der Waals surface area contributed by atoms with Crippen LogP contribution in [0.2, 0.25) is 0 Å². The lowest BCUT2D eigenvalue weighted by molar-refractivity contribution is -0.140. The highest BCUT2D eigenvalue weighted by Crippen LogP contribution is 2.18. The molecule has 26 heavy (non-hydrogen) atoms. The van der Waals surface area contributed by atoms with E-state index in [0.717, 1.165) is 11.1 Å². The van der Waals surface area contributed by atoms with E-state index in [1.807, 2.05) is 31.2 Å². The van der Waals surface area contributed by atoms with E-state index in [1.165, 1.54) is 7.11 Å². The minimum absolute atomic E-state index is 0.253. The van der Waals surface area contributed by atoms with Crippen molar-refractivity contribution in [3.05, 3.63) is 59.7 Å². The third kappa shape index (κ3) is 5.89. The molecule has 1 amide bonds. The highest BCUT2D eigenvalue weighted by atomic mass is 16.5. The fraction of sp³-hybridized carbons (Fsp3) is 0.300. The Kier molecular flexibility index (Phi) is 7.17. The van der Waals surface area contributed by atoms with E-state index < -0.39 is 6.04 Å². The van der Waals surface area contributed by atoms with Gasteiger partial charge in [0.2, 0.25) is 5.91 Å². The highest BCUT2D eigenvalue weighted by Gasteiger charge is 2.15. The maximum Gasteiger partial charge on any atom is 0.305 e. The summed E-state index contributed by atoms with van der Waals surface area (Å²) >= 11 is 0. The summed E-state index contributed by atoms with van der Waals surface area (Å²) in [6, 6.07) is 13.8. The summed E-state index contributed by atoms with van der Waals surface area (Å²) in [6.07, 6.45) is 0.901. The van der Waals surface area contributed by atoms with Gasteiger partial charge in [-0.3, -0.25) is 9.59 Å². The van der Waals surface area contributed by atoms with E-state index in [4.69, 9.17) is 10.5 Å². The number of aryl methyl sites for hydroxylation is 1. The molecule has 138 valence electrons. The van der Waals surface area contributed by atoms with Crippen molar-refractivity contribution in [3.8, 4) is 5.75 Å². The van der Waals surface area contributed by atoms with Crippen LogP contribution in [0.1, 0.15) is 30.0 Å². The van der Waals surface area contributed by atoms with Crippen LogP contribution in [0.15, 0.2) is 48.5 Å². The second kappa shape index (κ2) is 9.58. The molecule has 0 radical (unpaired) electrons. The van der Waals surface area contributed by atoms with Crippen molar-refractivity contribution in [2.75, 3.05) is 19.0 Å². The van der Waals surface area contributed by atoms with Crippen molar-refractivity contribution in [2.24, 2.45) is 5.73 Å². The van der Waals surface area contributed by atoms with Crippen molar-refractivity contribution in [1.29, 1.82) is 0 Å². The number of carbonyl (C=O) groups excluding carboxylic acids is 2. The molecule has 2 rings (SSSR count). The van der Waals surface area contributed by atoms with Crippen molar-refractivity contribution in [2.45, 2.75) is 25.8 Å². The molecule has 2 aromatic carbocycles. The predicted octanol–water partition coefficient (Wildman–Crippen LogP) is 2.97. The molecule has 0 aliphatic heterocycles. The molecule has 3 N–H and O–H groups in total. The molecule has 1 unspecified atom stereocenters. The van der Waals surface area contributed by atoms with Gasteiger partial charge < -0.3 is 20.5 Å². The Hall–Kier alpha value is -2.86. The van der Waals surface area contributed by atoms with Crippen LogP contribution in [0.3, 0.4) is 0 Å². The van der Waals surface area contributed by atoms with E-state index in [0.29, 0.717) is 30.9 Å². The zero-order chi connectivity index (χ0) is 18.9. The van der Waals surface area contributed by atoms with Gasteiger partial charge >= 0.3 is 5.97 Å². The molecule has 0 fully saturated rings. The number of hydrogen-bond acceptors (Lipinski definition) is 5. The number of esters is 1. The van der Waals surface area contributed by atoms with E-state index >= 15 is 0 Å². The standard InChI is InChI=1S/C20H24N2O4/c1-14-5-7-15(8-6-14)19(21)20(24)22-16-9-11-17(12-10-16)26-13-3-4-18(23)25-2/h5-12,19H,3-4,13,21H2,1-2H3,(H,22,24). The molecule has 0 heterocycles. The normalized spacial score (nSPS) is 11.5. The fourth-order valence-electron chi connectivity index (χ4n) is 2.29. The largest absolute Gasteiger partial charge is 0.494 e. The van der Waals surface area contributed by atoms with Gasteiger partial charge in [-0.15, -0.1) is 0 Å². The first-order valence-electron chi connectivity index (χ1n) is 8.42. The molecular weight excluding hydrogens is 332 g/mol. The van der Waals surface area contributed by atoms with Crippen LogP contribution in [0.5, 0.6) is 5.75 Å². The Morgan fingerprint density at radius 1 is 1.08 bits per heavy atom. The lowest BCUT2D eigenvalue weighted by Gasteiger charge is -2.13. The van der Waals surface area contributed by atoms with Gasteiger partial charge in [0.05, 0.1) is 13.7 Å². The highest BCUT2D eigenvalue weighted by molar-refractivity contribution is 5.95. The molecule has 1 atom stereocenters. The summed E-state index contributed by atoms with van der Waals surface area (Å²) in [4.78, 5) is 23.3. The Balaban J connectivity index is 1.83. The maximum atomic E-state index is 12.3. The van der Waals surface area contributed by atoms with Crippen LogP contribution < -0.4 is 15.8 Å². The Labute approximate surface area is 153 Å². The zero-order valence-corrected chi connectivity index (χ0v) is 15.0. The van der Waals surface area contributed by atoms with E-state index in [1.54, 1.807) is 24.3 Å². The van der Waals surface area contributed by atoms with Gasteiger partial charge in [0.15, 0.2) is 0 Å². The van der Waals surface area contributed by atoms with E-state index in [9.17, 15) is 9.59 Å². The molecule has 0 saturated heterocycles. The molecule has 2 aromatic rings. The molecule has 6 heteroatoms. The second-order valence-electron chi connectivity index (χ2n) is 5.93. The quantitative estimate of drug-likeness (QED) is 0.560. The first kappa shape index (κ1) is 19.5. The molecule has 0 spiro atoms. The minimum atomic E-state index is -0.732. The van der Waals surface area contributed by atoms with Gasteiger partial charge in [0, 0.05) is 12.1 Å². The number of nitrogens with two attached hydrogens (primary N) is 1. The van der Waals surface area contributed by atoms with Crippen LogP contribution in [-0.2, 0) is 14.3 Å². The molecule has 0 aromatic heterocycles. The maximum absolute atomic E-state index is 12.3. The van der Waals surface area contributed by atoms with Gasteiger partial charge in [-0.2, -0.15) is 0 Å². The Morgan fingerprint density at radius 2 is 1.73 bits per heavy atom. The number of benzene rings is 2. The summed E-state index contributed by atoms with van der Waals surface area (Å²) in [6.45, 7) is 2.40. The van der Waals surface area contributed by atoms with Crippen molar-refractivity contribution in [3.63, 3.8) is 0 Å². The van der Waals surface area contributed by atoms with Gasteiger partial charge in [-0.1, -0.05) is 29.8 Å². The van der Waals surface area contributed by atoms with Gasteiger partial charge in [-0.05, 0) is 43.2 Å². The number of hydrogen-bond donors (Lipinski definition) is 2. The van der Waals surface area contributed by atoms with Crippen molar-refractivity contribution < 1.29 is 19.1 Å². The summed E-state index contributed by atoms with van der Waals surface area (Å²) in [5.74, 6) is 0.132. The van der Waals surface area contributed by atoms with Crippen LogP contribution in [0.4, 0.5) is 5.69 Å². The third-order valence-electron chi connectivity index (χ3n) is 3.86. The number of nitrogens with one attached hydrogen (secondary N) is 1. The molecule has 0 bridgehead atoms. The fourth-order valence-corrected chi connectivity index (χ4v) is 2.29. The first-order chi connectivity index (χ1) is 12.5. The van der Waals surface area contributed by atoms with Gasteiger partial charge in [0.25, 0.3) is 0 Å². The summed E-state index contributed by atoms with van der Waals surface area (Å²) in [5.41, 5.74) is 8.52. The summed E-state index contributed by atoms with van der Waals surface area (Å²) in [7, 11) is 1.36. The monoisotopic (exact) mass is 356 g/mol. The number of anilines is 1. The molecule has 0 saturated carbocycles. The predicted molar refractivity (Wildman–Crippen MR) is 99.9 cm³/mol. The van der Waals surface area contributed by atoms with Crippen molar-refractivity contribution in [1.82, 2.24) is 0 Å². The average molecular weight is 356 g/mol. The molecule has 6 nitrogen and oxygen atoms in total. The molecule has 0 aliphatic carbocycles. The van der Waals surface area contributed by atoms with Crippen molar-refractivity contribution >= 4 is 17.6 Å². The average Bonchev–Trinajstić information content (AvgIpc) is 2.66. The van der Waals surface area contributed by atoms with Gasteiger partial charge in [-0.25, -0.2) is 0 Å². The number of amides is 1. The smallest absolute Gasteiger partial charge is 0.305 e. The number of carbonyl (C=O) groups is 2. The van der Waals surface area contributed by atoms with Crippen LogP contribution >= 0.6 is 0 Å². The Morgan fingerprint density at radius 3 is 2.35 bits per heavy atom. The first-order valence-corrected chi connectivity index (χ1v) is 8.42. The number of rotatable bonds is 8. The Bertz CT molecular complexity index is 726. The zero-order valence-electron chi connectivity index (χ0n) is 15.0. The summed E-state index contributed by atoms with van der Waals surface area (Å²) < 4.78 is 10.1. The molecular formula is C20H24N2O4. The number of methoxy groups -OCH3 is 1. The lowest BCUT2D eigenvalue weighted by atomic mass is 10.1. The van der Waals surface area contributed by atoms with E-state index in [2.05, 4.69) is 10.1 Å². The lowest BCUT2D eigenvalue weighted by Crippen LogP contribution is -2.27. The SMILES string of the molecule is COC(=O)CCCOc1ccc(NC(=O)C(N)c2ccc(C)cc2)cc1. The second-order valence-corrected chi connectivity index (χ2v) is 5.93. The topological polar surface area (TPSA) is 90.6 Å². The van der Waals surface area contributed by atoms with Crippen LogP contribution in [0, 0.1) is 6.92 Å². The third-order valence-corrected chi connectivity index (χ3v) is 3.86. The van der Waals surface area contributed by atoms with Gasteiger partial charge in [0.1, 0.15) is 11.8 Å². The number of ether oxygens (including phenoxy) is 2.